The van der Waals surface area contributed by atoms with E-state index in [1.54, 1.807) is 16.2 Å². The second-order valence-electron chi connectivity index (χ2n) is 8.30. The molecule has 3 aromatic rings. The topological polar surface area (TPSA) is 88.4 Å². The zero-order chi connectivity index (χ0) is 21.3. The van der Waals surface area contributed by atoms with Gasteiger partial charge in [-0.1, -0.05) is 13.8 Å². The van der Waals surface area contributed by atoms with Crippen molar-refractivity contribution in [2.24, 2.45) is 11.7 Å². The van der Waals surface area contributed by atoms with Gasteiger partial charge in [-0.05, 0) is 70.3 Å². The number of nitrogens with zero attached hydrogens (tertiary/aromatic N) is 1. The van der Waals surface area contributed by atoms with Gasteiger partial charge in [0.15, 0.2) is 0 Å². The second kappa shape index (κ2) is 8.52. The minimum Gasteiger partial charge on any atom is -0.449 e. The van der Waals surface area contributed by atoms with Crippen molar-refractivity contribution >= 4 is 34.2 Å². The van der Waals surface area contributed by atoms with Crippen LogP contribution in [0.15, 0.2) is 35.2 Å². The number of carbonyl (C=O) groups excluding carboxylic acids is 2. The van der Waals surface area contributed by atoms with Gasteiger partial charge in [0.25, 0.3) is 5.91 Å². The molecule has 0 bridgehead atoms. The molecule has 2 amide bonds. The molecule has 1 fully saturated rings. The van der Waals surface area contributed by atoms with E-state index in [1.807, 2.05) is 37.6 Å². The van der Waals surface area contributed by atoms with Crippen molar-refractivity contribution in [2.45, 2.75) is 32.6 Å². The summed E-state index contributed by atoms with van der Waals surface area (Å²) in [6, 6.07) is 6.05. The Labute approximate surface area is 180 Å². The molecule has 3 N–H and O–H groups in total. The summed E-state index contributed by atoms with van der Waals surface area (Å²) in [7, 11) is 0. The van der Waals surface area contributed by atoms with Crippen LogP contribution in [-0.2, 0) is 4.74 Å². The zero-order valence-corrected chi connectivity index (χ0v) is 18.1. The van der Waals surface area contributed by atoms with E-state index in [2.05, 4.69) is 16.4 Å². The highest BCUT2D eigenvalue weighted by atomic mass is 32.1. The molecule has 2 aromatic heterocycles. The molecule has 0 atom stereocenters. The molecular formula is C23H27N3O3S. The van der Waals surface area contributed by atoms with Crippen molar-refractivity contribution in [1.82, 2.24) is 9.88 Å². The zero-order valence-electron chi connectivity index (χ0n) is 17.3. The number of hydrogen-bond acceptors (Lipinski definition) is 4. The maximum Gasteiger partial charge on any atom is 0.409 e. The summed E-state index contributed by atoms with van der Waals surface area (Å²) in [6.07, 6.45) is 3.49. The summed E-state index contributed by atoms with van der Waals surface area (Å²) in [6.45, 7) is 5.84. The van der Waals surface area contributed by atoms with Gasteiger partial charge in [0.2, 0.25) is 0 Å². The van der Waals surface area contributed by atoms with Gasteiger partial charge in [-0.3, -0.25) is 4.79 Å². The van der Waals surface area contributed by atoms with Crippen LogP contribution in [0.3, 0.4) is 0 Å². The number of H-pyrrole nitrogens is 1. The second-order valence-corrected chi connectivity index (χ2v) is 9.08. The predicted molar refractivity (Wildman–Crippen MR) is 120 cm³/mol. The smallest absolute Gasteiger partial charge is 0.409 e. The molecule has 0 saturated carbocycles. The van der Waals surface area contributed by atoms with Crippen molar-refractivity contribution in [2.75, 3.05) is 19.7 Å². The molecule has 7 heteroatoms. The van der Waals surface area contributed by atoms with E-state index in [9.17, 15) is 9.59 Å². The number of fused-ring (bicyclic) bond motifs is 1. The molecule has 158 valence electrons. The number of piperidine rings is 1. The van der Waals surface area contributed by atoms with Gasteiger partial charge in [-0.2, -0.15) is 11.3 Å². The third-order valence-corrected chi connectivity index (χ3v) is 6.36. The first-order valence-corrected chi connectivity index (χ1v) is 11.3. The average Bonchev–Trinajstić information content (AvgIpc) is 3.41. The lowest BCUT2D eigenvalue weighted by atomic mass is 9.88. The number of aromatic amines is 1. The van der Waals surface area contributed by atoms with Gasteiger partial charge in [0, 0.05) is 24.7 Å². The molecule has 1 aliphatic rings. The van der Waals surface area contributed by atoms with Crippen LogP contribution in [0.1, 0.15) is 48.5 Å². The molecule has 1 saturated heterocycles. The van der Waals surface area contributed by atoms with E-state index in [4.69, 9.17) is 10.5 Å². The molecule has 0 unspecified atom stereocenters. The molecule has 0 radical (unpaired) electrons. The number of thiophene rings is 1. The Morgan fingerprint density at radius 1 is 1.27 bits per heavy atom. The van der Waals surface area contributed by atoms with Crippen molar-refractivity contribution in [3.05, 3.63) is 46.3 Å². The molecule has 4 rings (SSSR count). The lowest BCUT2D eigenvalue weighted by molar-refractivity contribution is 0.0834. The van der Waals surface area contributed by atoms with Crippen LogP contribution in [0.2, 0.25) is 0 Å². The Morgan fingerprint density at radius 3 is 2.67 bits per heavy atom. The van der Waals surface area contributed by atoms with E-state index in [0.717, 1.165) is 34.9 Å². The molecule has 6 nitrogen and oxygen atoms in total. The van der Waals surface area contributed by atoms with E-state index < -0.39 is 5.91 Å². The van der Waals surface area contributed by atoms with Crippen LogP contribution >= 0.6 is 11.3 Å². The number of nitrogens with one attached hydrogen (secondary N) is 1. The monoisotopic (exact) mass is 425 g/mol. The van der Waals surface area contributed by atoms with Crippen molar-refractivity contribution in [3.63, 3.8) is 0 Å². The lowest BCUT2D eigenvalue weighted by Gasteiger charge is -2.31. The summed E-state index contributed by atoms with van der Waals surface area (Å²) in [5, 5.41) is 5.13. The van der Waals surface area contributed by atoms with Crippen LogP contribution in [0.4, 0.5) is 4.79 Å². The number of likely N-dealkylation sites (tertiary alicyclic amines) is 1. The van der Waals surface area contributed by atoms with Crippen LogP contribution in [0.5, 0.6) is 0 Å². The van der Waals surface area contributed by atoms with Gasteiger partial charge in [0.1, 0.15) is 0 Å². The fraction of sp³-hybridized carbons (Fsp3) is 0.391. The number of benzene rings is 1. The number of amides is 2. The largest absolute Gasteiger partial charge is 0.449 e. The SMILES string of the molecule is CC(C)COC(=O)N1CCC(c2c[nH]c3c(C(N)=O)cc(-c4ccsc4)cc23)CC1. The number of hydrogen-bond donors (Lipinski definition) is 2. The summed E-state index contributed by atoms with van der Waals surface area (Å²) in [5.41, 5.74) is 10.2. The summed E-state index contributed by atoms with van der Waals surface area (Å²) in [4.78, 5) is 29.4. The van der Waals surface area contributed by atoms with Gasteiger partial charge in [-0.25, -0.2) is 4.79 Å². The number of nitrogens with two attached hydrogens (primary N) is 1. The number of aromatic nitrogens is 1. The molecular weight excluding hydrogens is 398 g/mol. The van der Waals surface area contributed by atoms with E-state index in [0.29, 0.717) is 37.1 Å². The van der Waals surface area contributed by atoms with Gasteiger partial charge in [0.05, 0.1) is 17.7 Å². The van der Waals surface area contributed by atoms with Crippen molar-refractivity contribution in [1.29, 1.82) is 0 Å². The third kappa shape index (κ3) is 4.07. The van der Waals surface area contributed by atoms with Crippen molar-refractivity contribution in [3.8, 4) is 11.1 Å². The average molecular weight is 426 g/mol. The van der Waals surface area contributed by atoms with Crippen LogP contribution in [0.25, 0.3) is 22.0 Å². The maximum atomic E-state index is 12.3. The van der Waals surface area contributed by atoms with Crippen LogP contribution in [-0.4, -0.2) is 41.6 Å². The predicted octanol–water partition coefficient (Wildman–Crippen LogP) is 4.97. The Bertz CT molecular complexity index is 1050. The Balaban J connectivity index is 1.58. The minimum atomic E-state index is -0.437. The summed E-state index contributed by atoms with van der Waals surface area (Å²) < 4.78 is 5.37. The number of ether oxygens (including phenoxy) is 1. The van der Waals surface area contributed by atoms with Crippen LogP contribution in [0, 0.1) is 5.92 Å². The normalized spacial score (nSPS) is 15.1. The Hall–Kier alpha value is -2.80. The first-order valence-electron chi connectivity index (χ1n) is 10.3. The van der Waals surface area contributed by atoms with Gasteiger partial charge in [-0.15, -0.1) is 0 Å². The standard InChI is InChI=1S/C23H27N3O3S/c1-14(2)12-29-23(28)26-6-3-15(4-7-26)20-11-25-21-18(20)9-17(10-19(21)22(24)27)16-5-8-30-13-16/h5,8-11,13-15,25H,3-4,6-7,12H2,1-2H3,(H2,24,27). The van der Waals surface area contributed by atoms with E-state index in [-0.39, 0.29) is 6.09 Å². The maximum absolute atomic E-state index is 12.3. The molecule has 0 aliphatic carbocycles. The minimum absolute atomic E-state index is 0.225. The van der Waals surface area contributed by atoms with E-state index >= 15 is 0 Å². The number of carbonyl (C=O) groups is 2. The Morgan fingerprint density at radius 2 is 2.03 bits per heavy atom. The lowest BCUT2D eigenvalue weighted by Crippen LogP contribution is -2.38. The Kier molecular flexibility index (Phi) is 5.81. The van der Waals surface area contributed by atoms with Crippen molar-refractivity contribution < 1.29 is 14.3 Å². The molecule has 1 aromatic carbocycles. The quantitative estimate of drug-likeness (QED) is 0.605. The highest BCUT2D eigenvalue weighted by Crippen LogP contribution is 2.37. The first-order chi connectivity index (χ1) is 14.4. The molecule has 30 heavy (non-hydrogen) atoms. The highest BCUT2D eigenvalue weighted by Gasteiger charge is 2.27. The summed E-state index contributed by atoms with van der Waals surface area (Å²) in [5.74, 6) is 0.203. The molecule has 1 aliphatic heterocycles. The highest BCUT2D eigenvalue weighted by molar-refractivity contribution is 7.08. The fourth-order valence-electron chi connectivity index (χ4n) is 4.08. The van der Waals surface area contributed by atoms with E-state index in [1.165, 1.54) is 5.56 Å². The van der Waals surface area contributed by atoms with Crippen LogP contribution < -0.4 is 5.73 Å². The number of rotatable bonds is 5. The van der Waals surface area contributed by atoms with Gasteiger partial charge < -0.3 is 20.4 Å². The number of primary amides is 1. The summed E-state index contributed by atoms with van der Waals surface area (Å²) >= 11 is 1.62. The fourth-order valence-corrected chi connectivity index (χ4v) is 4.75. The molecule has 0 spiro atoms. The first kappa shape index (κ1) is 20.5. The van der Waals surface area contributed by atoms with Gasteiger partial charge >= 0.3 is 6.09 Å². The third-order valence-electron chi connectivity index (χ3n) is 5.67. The molecule has 3 heterocycles.